The Kier molecular flexibility index (Phi) is 5.31. The Balaban J connectivity index is 1.74. The van der Waals surface area contributed by atoms with E-state index < -0.39 is 10.0 Å². The van der Waals surface area contributed by atoms with E-state index in [4.69, 9.17) is 0 Å². The van der Waals surface area contributed by atoms with Gasteiger partial charge < -0.3 is 10.2 Å². The van der Waals surface area contributed by atoms with Gasteiger partial charge in [-0.1, -0.05) is 0 Å². The number of sulfonamides is 1. The Bertz CT molecular complexity index is 908. The fourth-order valence-electron chi connectivity index (χ4n) is 3.38. The smallest absolute Gasteiger partial charge is 0.245 e. The Morgan fingerprint density at radius 1 is 1.46 bits per heavy atom. The van der Waals surface area contributed by atoms with E-state index in [-0.39, 0.29) is 23.4 Å². The largest absolute Gasteiger partial charge is 0.351 e. The van der Waals surface area contributed by atoms with Gasteiger partial charge in [-0.15, -0.1) is 0 Å². The van der Waals surface area contributed by atoms with Gasteiger partial charge >= 0.3 is 0 Å². The van der Waals surface area contributed by atoms with Gasteiger partial charge in [0.2, 0.25) is 15.9 Å². The molecule has 0 bridgehead atoms. The Morgan fingerprint density at radius 3 is 2.96 bits per heavy atom. The summed E-state index contributed by atoms with van der Waals surface area (Å²) in [4.78, 5) is 14.6. The highest BCUT2D eigenvalue weighted by Gasteiger charge is 2.27. The summed E-state index contributed by atoms with van der Waals surface area (Å²) in [5.41, 5.74) is 1.28. The summed E-state index contributed by atoms with van der Waals surface area (Å²) >= 11 is 0. The third-order valence-corrected chi connectivity index (χ3v) is 6.53. The van der Waals surface area contributed by atoms with Crippen molar-refractivity contribution in [2.75, 3.05) is 33.7 Å². The zero-order chi connectivity index (χ0) is 18.9. The van der Waals surface area contributed by atoms with Crippen molar-refractivity contribution in [1.82, 2.24) is 24.7 Å². The molecule has 142 valence electrons. The van der Waals surface area contributed by atoms with Crippen molar-refractivity contribution < 1.29 is 13.2 Å². The first-order chi connectivity index (χ1) is 12.3. The molecule has 1 aromatic heterocycles. The van der Waals surface area contributed by atoms with Crippen molar-refractivity contribution in [3.8, 4) is 0 Å². The van der Waals surface area contributed by atoms with Crippen LogP contribution in [-0.2, 0) is 14.8 Å². The number of amides is 1. The van der Waals surface area contributed by atoms with Crippen LogP contribution in [0.3, 0.4) is 0 Å². The maximum absolute atomic E-state index is 13.0. The molecule has 2 heterocycles. The maximum Gasteiger partial charge on any atom is 0.245 e. The number of aromatic nitrogens is 2. The fraction of sp³-hybridized carbons (Fsp3) is 0.529. The topological polar surface area (TPSA) is 98.4 Å². The molecule has 1 aliphatic rings. The van der Waals surface area contributed by atoms with E-state index >= 15 is 0 Å². The summed E-state index contributed by atoms with van der Waals surface area (Å²) in [5.74, 6) is -0.287. The number of likely N-dealkylation sites (N-methyl/N-ethyl adjacent to an activating group) is 2. The summed E-state index contributed by atoms with van der Waals surface area (Å²) in [7, 11) is -0.375. The van der Waals surface area contributed by atoms with Crippen molar-refractivity contribution in [2.24, 2.45) is 0 Å². The molecule has 1 unspecified atom stereocenters. The Hall–Kier alpha value is -1.97. The van der Waals surface area contributed by atoms with Crippen molar-refractivity contribution in [3.05, 3.63) is 23.9 Å². The number of hydrogen-bond acceptors (Lipinski definition) is 5. The number of carbonyl (C=O) groups excluding carboxylic acids is 1. The first-order valence-electron chi connectivity index (χ1n) is 8.65. The molecule has 1 aliphatic heterocycles. The average Bonchev–Trinajstić information content (AvgIpc) is 3.01. The number of nitrogens with one attached hydrogen (secondary N) is 2. The number of H-pyrrole nitrogens is 1. The summed E-state index contributed by atoms with van der Waals surface area (Å²) in [6, 6.07) is 3.53. The van der Waals surface area contributed by atoms with Crippen molar-refractivity contribution in [3.63, 3.8) is 0 Å². The van der Waals surface area contributed by atoms with Crippen LogP contribution in [0.1, 0.15) is 18.4 Å². The first-order valence-corrected chi connectivity index (χ1v) is 10.1. The molecule has 8 nitrogen and oxygen atoms in total. The van der Waals surface area contributed by atoms with E-state index in [0.717, 1.165) is 41.2 Å². The zero-order valence-corrected chi connectivity index (χ0v) is 16.1. The minimum absolute atomic E-state index is 0.0654. The highest BCUT2D eigenvalue weighted by Crippen LogP contribution is 2.25. The number of aryl methyl sites for hydroxylation is 1. The van der Waals surface area contributed by atoms with Crippen LogP contribution in [0.15, 0.2) is 23.2 Å². The summed E-state index contributed by atoms with van der Waals surface area (Å²) in [6.45, 7) is 3.42. The second-order valence-corrected chi connectivity index (χ2v) is 9.04. The van der Waals surface area contributed by atoms with Gasteiger partial charge in [0.25, 0.3) is 0 Å². The van der Waals surface area contributed by atoms with Crippen LogP contribution in [0.25, 0.3) is 10.9 Å². The lowest BCUT2D eigenvalue weighted by Crippen LogP contribution is -2.49. The molecule has 1 saturated heterocycles. The molecule has 9 heteroatoms. The van der Waals surface area contributed by atoms with E-state index in [1.165, 1.54) is 7.05 Å². The first kappa shape index (κ1) is 18.8. The Labute approximate surface area is 153 Å². The number of aromatic amines is 1. The van der Waals surface area contributed by atoms with Gasteiger partial charge in [-0.3, -0.25) is 9.89 Å². The number of likely N-dealkylation sites (tertiary alicyclic amines) is 1. The summed E-state index contributed by atoms with van der Waals surface area (Å²) in [5, 5.41) is 10.3. The van der Waals surface area contributed by atoms with E-state index in [2.05, 4.69) is 20.4 Å². The second-order valence-electron chi connectivity index (χ2n) is 7.03. The lowest BCUT2D eigenvalue weighted by molar-refractivity contribution is -0.122. The Morgan fingerprint density at radius 2 is 2.23 bits per heavy atom. The molecule has 2 N–H and O–H groups in total. The van der Waals surface area contributed by atoms with E-state index in [9.17, 15) is 13.2 Å². The van der Waals surface area contributed by atoms with Crippen LogP contribution in [0.4, 0.5) is 0 Å². The van der Waals surface area contributed by atoms with Crippen molar-refractivity contribution in [1.29, 1.82) is 0 Å². The number of carbonyl (C=O) groups is 1. The molecule has 0 spiro atoms. The molecule has 1 atom stereocenters. The molecule has 2 aromatic rings. The van der Waals surface area contributed by atoms with Gasteiger partial charge in [0.1, 0.15) is 4.90 Å². The van der Waals surface area contributed by atoms with E-state index in [1.54, 1.807) is 12.3 Å². The normalized spacial score (nSPS) is 19.2. The number of rotatable bonds is 5. The number of nitrogens with zero attached hydrogens (tertiary/aromatic N) is 3. The van der Waals surface area contributed by atoms with Crippen molar-refractivity contribution in [2.45, 2.75) is 30.7 Å². The lowest BCUT2D eigenvalue weighted by Gasteiger charge is -2.30. The van der Waals surface area contributed by atoms with Gasteiger partial charge in [0, 0.05) is 25.0 Å². The highest BCUT2D eigenvalue weighted by atomic mass is 32.2. The fourth-order valence-corrected chi connectivity index (χ4v) is 4.76. The van der Waals surface area contributed by atoms with Gasteiger partial charge in [0.15, 0.2) is 0 Å². The lowest BCUT2D eigenvalue weighted by atomic mass is 10.1. The number of benzene rings is 1. The van der Waals surface area contributed by atoms with Gasteiger partial charge in [-0.05, 0) is 51.1 Å². The predicted molar refractivity (Wildman–Crippen MR) is 99.3 cm³/mol. The van der Waals surface area contributed by atoms with E-state index in [1.807, 2.05) is 20.0 Å². The summed E-state index contributed by atoms with van der Waals surface area (Å²) < 4.78 is 27.0. The third-order valence-electron chi connectivity index (χ3n) is 4.70. The molecule has 3 rings (SSSR count). The minimum atomic E-state index is -3.81. The van der Waals surface area contributed by atoms with Crippen LogP contribution < -0.4 is 5.32 Å². The molecule has 0 aliphatic carbocycles. The van der Waals surface area contributed by atoms with Crippen LogP contribution in [-0.4, -0.2) is 73.5 Å². The van der Waals surface area contributed by atoms with Gasteiger partial charge in [-0.2, -0.15) is 9.40 Å². The molecular formula is C17H25N5O3S. The predicted octanol–water partition coefficient (Wildman–Crippen LogP) is 0.702. The number of fused-ring (bicyclic) bond motifs is 1. The molecule has 1 fully saturated rings. The van der Waals surface area contributed by atoms with E-state index in [0.29, 0.717) is 5.52 Å². The van der Waals surface area contributed by atoms with Crippen LogP contribution >= 0.6 is 0 Å². The molecule has 0 saturated carbocycles. The van der Waals surface area contributed by atoms with Crippen LogP contribution in [0, 0.1) is 6.92 Å². The monoisotopic (exact) mass is 379 g/mol. The number of piperidine rings is 1. The van der Waals surface area contributed by atoms with Gasteiger partial charge in [0.05, 0.1) is 18.3 Å². The molecule has 1 amide bonds. The molecule has 1 aromatic carbocycles. The van der Waals surface area contributed by atoms with Crippen LogP contribution in [0.2, 0.25) is 0 Å². The molecule has 26 heavy (non-hydrogen) atoms. The minimum Gasteiger partial charge on any atom is -0.351 e. The second kappa shape index (κ2) is 7.34. The zero-order valence-electron chi connectivity index (χ0n) is 15.3. The quantitative estimate of drug-likeness (QED) is 0.797. The third kappa shape index (κ3) is 3.89. The number of hydrogen-bond donors (Lipinski definition) is 2. The highest BCUT2D eigenvalue weighted by molar-refractivity contribution is 7.89. The standard InChI is InChI=1S/C17H25N5O3S/c1-12-7-13-9-18-20-17(13)15(8-12)26(24,25)22(3)11-16(23)19-14-5-4-6-21(2)10-14/h7-9,14H,4-6,10-11H2,1-3H3,(H,18,20)(H,19,23). The molecule has 0 radical (unpaired) electrons. The van der Waals surface area contributed by atoms with Crippen LogP contribution in [0.5, 0.6) is 0 Å². The van der Waals surface area contributed by atoms with Gasteiger partial charge in [-0.25, -0.2) is 8.42 Å². The SMILES string of the molecule is Cc1cc(S(=O)(=O)N(C)CC(=O)NC2CCCN(C)C2)c2[nH]ncc2c1. The molecular weight excluding hydrogens is 354 g/mol. The average molecular weight is 379 g/mol. The van der Waals surface area contributed by atoms with Crippen molar-refractivity contribution >= 4 is 26.8 Å². The maximum atomic E-state index is 13.0. The summed E-state index contributed by atoms with van der Waals surface area (Å²) in [6.07, 6.45) is 3.53.